The first-order valence-corrected chi connectivity index (χ1v) is 7.63. The molecule has 0 aliphatic heterocycles. The number of rotatable bonds is 5. The number of thioether (sulfide) groups is 1. The molecule has 1 aromatic carbocycles. The van der Waals surface area contributed by atoms with E-state index in [1.807, 2.05) is 6.07 Å². The van der Waals surface area contributed by atoms with Crippen molar-refractivity contribution in [3.05, 3.63) is 35.4 Å². The highest BCUT2D eigenvalue weighted by Gasteiger charge is 2.12. The SMILES string of the molecule is N#Cc1ccc(OC(F)F)cc1CSc1cc(N)nc2n[nH]nc12. The lowest BCUT2D eigenvalue weighted by molar-refractivity contribution is -0.0498. The number of anilines is 1. The summed E-state index contributed by atoms with van der Waals surface area (Å²) in [6.45, 7) is -2.92. The van der Waals surface area contributed by atoms with E-state index >= 15 is 0 Å². The number of nitriles is 1. The van der Waals surface area contributed by atoms with E-state index in [1.54, 1.807) is 6.07 Å². The summed E-state index contributed by atoms with van der Waals surface area (Å²) in [6.07, 6.45) is 0. The van der Waals surface area contributed by atoms with Gasteiger partial charge in [0.25, 0.3) is 0 Å². The number of ether oxygens (including phenoxy) is 1. The number of pyridine rings is 1. The summed E-state index contributed by atoms with van der Waals surface area (Å²) in [7, 11) is 0. The molecule has 0 unspecified atom stereocenters. The fourth-order valence-electron chi connectivity index (χ4n) is 2.07. The van der Waals surface area contributed by atoms with Crippen molar-refractivity contribution >= 4 is 28.7 Å². The molecular formula is C14H10F2N6OS. The average molecular weight is 348 g/mol. The number of alkyl halides is 2. The maximum Gasteiger partial charge on any atom is 0.387 e. The number of hydrogen-bond acceptors (Lipinski definition) is 7. The Morgan fingerprint density at radius 1 is 1.33 bits per heavy atom. The predicted octanol–water partition coefficient (Wildman–Crippen LogP) is 2.70. The number of aromatic nitrogens is 4. The minimum atomic E-state index is -2.92. The highest BCUT2D eigenvalue weighted by atomic mass is 32.2. The number of fused-ring (bicyclic) bond motifs is 1. The third kappa shape index (κ3) is 3.36. The van der Waals surface area contributed by atoms with Gasteiger partial charge in [-0.3, -0.25) is 0 Å². The molecule has 0 amide bonds. The van der Waals surface area contributed by atoms with E-state index in [-0.39, 0.29) is 11.6 Å². The Kier molecular flexibility index (Phi) is 4.43. The topological polar surface area (TPSA) is 113 Å². The first-order valence-electron chi connectivity index (χ1n) is 6.64. The molecule has 0 bridgehead atoms. The highest BCUT2D eigenvalue weighted by molar-refractivity contribution is 7.98. The van der Waals surface area contributed by atoms with Gasteiger partial charge < -0.3 is 10.5 Å². The molecule has 0 fully saturated rings. The molecule has 0 aliphatic carbocycles. The van der Waals surface area contributed by atoms with Gasteiger partial charge in [-0.05, 0) is 29.8 Å². The third-order valence-electron chi connectivity index (χ3n) is 3.08. The fraction of sp³-hybridized carbons (Fsp3) is 0.143. The predicted molar refractivity (Wildman–Crippen MR) is 83.4 cm³/mol. The van der Waals surface area contributed by atoms with E-state index in [9.17, 15) is 8.78 Å². The van der Waals surface area contributed by atoms with Crippen LogP contribution >= 0.6 is 11.8 Å². The molecule has 0 aliphatic rings. The van der Waals surface area contributed by atoms with Crippen LogP contribution in [0, 0.1) is 11.3 Å². The largest absolute Gasteiger partial charge is 0.435 e. The second-order valence-corrected chi connectivity index (χ2v) is 5.66. The van der Waals surface area contributed by atoms with Crippen molar-refractivity contribution in [1.82, 2.24) is 20.4 Å². The second-order valence-electron chi connectivity index (χ2n) is 4.64. The summed E-state index contributed by atoms with van der Waals surface area (Å²) in [4.78, 5) is 4.75. The minimum absolute atomic E-state index is 0.000394. The van der Waals surface area contributed by atoms with Crippen molar-refractivity contribution in [1.29, 1.82) is 5.26 Å². The standard InChI is InChI=1S/C14H10F2N6OS/c15-14(16)23-9-2-1-7(5-17)8(3-9)6-24-10-4-11(18)19-13-12(10)20-22-21-13/h1-4,14H,6H2,(H3,18,19,20,21,22). The maximum atomic E-state index is 12.3. The van der Waals surface area contributed by atoms with Gasteiger partial charge in [0.2, 0.25) is 5.65 Å². The zero-order valence-corrected chi connectivity index (χ0v) is 12.8. The van der Waals surface area contributed by atoms with E-state index in [0.717, 1.165) is 4.90 Å². The summed E-state index contributed by atoms with van der Waals surface area (Å²) in [5.41, 5.74) is 7.60. The van der Waals surface area contributed by atoms with E-state index < -0.39 is 6.61 Å². The van der Waals surface area contributed by atoms with Crippen LogP contribution in [0.5, 0.6) is 5.75 Å². The maximum absolute atomic E-state index is 12.3. The number of hydrogen-bond donors (Lipinski definition) is 2. The summed E-state index contributed by atoms with van der Waals surface area (Å²) in [5, 5.41) is 19.5. The summed E-state index contributed by atoms with van der Waals surface area (Å²) in [5.74, 6) is 0.629. The number of aromatic amines is 1. The Bertz CT molecular complexity index is 923. The molecule has 2 aromatic heterocycles. The van der Waals surface area contributed by atoms with Crippen molar-refractivity contribution in [2.24, 2.45) is 0 Å². The van der Waals surface area contributed by atoms with Crippen LogP contribution < -0.4 is 10.5 Å². The normalized spacial score (nSPS) is 10.9. The van der Waals surface area contributed by atoms with Gasteiger partial charge in [0.15, 0.2) is 0 Å². The van der Waals surface area contributed by atoms with E-state index in [1.165, 1.54) is 30.0 Å². The zero-order chi connectivity index (χ0) is 17.1. The molecule has 7 nitrogen and oxygen atoms in total. The monoisotopic (exact) mass is 348 g/mol. The number of nitrogen functional groups attached to an aromatic ring is 1. The zero-order valence-electron chi connectivity index (χ0n) is 12.0. The molecule has 10 heteroatoms. The van der Waals surface area contributed by atoms with Crippen LogP contribution in [-0.2, 0) is 5.75 Å². The smallest absolute Gasteiger partial charge is 0.387 e. The molecule has 0 atom stereocenters. The molecule has 24 heavy (non-hydrogen) atoms. The van der Waals surface area contributed by atoms with Gasteiger partial charge in [0.05, 0.1) is 11.6 Å². The highest BCUT2D eigenvalue weighted by Crippen LogP contribution is 2.31. The molecule has 2 heterocycles. The first kappa shape index (κ1) is 15.9. The van der Waals surface area contributed by atoms with Crippen LogP contribution in [0.15, 0.2) is 29.2 Å². The Balaban J connectivity index is 1.87. The molecular weight excluding hydrogens is 338 g/mol. The molecule has 3 N–H and O–H groups in total. The first-order chi connectivity index (χ1) is 11.6. The van der Waals surface area contributed by atoms with Crippen molar-refractivity contribution in [3.63, 3.8) is 0 Å². The van der Waals surface area contributed by atoms with Crippen molar-refractivity contribution in [3.8, 4) is 11.8 Å². The fourth-order valence-corrected chi connectivity index (χ4v) is 3.09. The van der Waals surface area contributed by atoms with Gasteiger partial charge >= 0.3 is 6.61 Å². The van der Waals surface area contributed by atoms with Crippen LogP contribution in [0.1, 0.15) is 11.1 Å². The Labute approximate surface area is 138 Å². The molecule has 3 aromatic rings. The lowest BCUT2D eigenvalue weighted by Gasteiger charge is -2.09. The Morgan fingerprint density at radius 3 is 2.92 bits per heavy atom. The second kappa shape index (κ2) is 6.67. The number of nitrogens with two attached hydrogens (primary N) is 1. The lowest BCUT2D eigenvalue weighted by Crippen LogP contribution is -2.02. The van der Waals surface area contributed by atoms with Crippen molar-refractivity contribution < 1.29 is 13.5 Å². The molecule has 0 saturated carbocycles. The quantitative estimate of drug-likeness (QED) is 0.681. The van der Waals surface area contributed by atoms with Crippen molar-refractivity contribution in [2.75, 3.05) is 5.73 Å². The lowest BCUT2D eigenvalue weighted by atomic mass is 10.1. The minimum Gasteiger partial charge on any atom is -0.435 e. The summed E-state index contributed by atoms with van der Waals surface area (Å²) < 4.78 is 29.0. The summed E-state index contributed by atoms with van der Waals surface area (Å²) >= 11 is 1.34. The van der Waals surface area contributed by atoms with Crippen LogP contribution in [0.25, 0.3) is 11.2 Å². The molecule has 122 valence electrons. The van der Waals surface area contributed by atoms with Gasteiger partial charge in [0, 0.05) is 10.6 Å². The average Bonchev–Trinajstić information content (AvgIpc) is 3.00. The molecule has 0 saturated heterocycles. The number of H-pyrrole nitrogens is 1. The van der Waals surface area contributed by atoms with Gasteiger partial charge in [-0.1, -0.05) is 0 Å². The molecule has 0 radical (unpaired) electrons. The Hall–Kier alpha value is -2.93. The molecule has 0 spiro atoms. The van der Waals surface area contributed by atoms with Crippen LogP contribution in [-0.4, -0.2) is 27.0 Å². The van der Waals surface area contributed by atoms with E-state index in [2.05, 4.69) is 25.1 Å². The molecule has 3 rings (SSSR count). The number of benzene rings is 1. The van der Waals surface area contributed by atoms with E-state index in [0.29, 0.717) is 28.0 Å². The van der Waals surface area contributed by atoms with Gasteiger partial charge in [-0.15, -0.1) is 16.9 Å². The van der Waals surface area contributed by atoms with Crippen LogP contribution in [0.4, 0.5) is 14.6 Å². The number of halogens is 2. The van der Waals surface area contributed by atoms with Crippen LogP contribution in [0.3, 0.4) is 0 Å². The van der Waals surface area contributed by atoms with E-state index in [4.69, 9.17) is 11.0 Å². The Morgan fingerprint density at radius 2 is 2.17 bits per heavy atom. The van der Waals surface area contributed by atoms with Gasteiger partial charge in [0.1, 0.15) is 17.1 Å². The number of nitrogens with zero attached hydrogens (tertiary/aromatic N) is 4. The van der Waals surface area contributed by atoms with Gasteiger partial charge in [-0.2, -0.15) is 24.4 Å². The van der Waals surface area contributed by atoms with Gasteiger partial charge in [-0.25, -0.2) is 4.98 Å². The van der Waals surface area contributed by atoms with Crippen molar-refractivity contribution in [2.45, 2.75) is 17.3 Å². The third-order valence-corrected chi connectivity index (χ3v) is 4.16. The number of nitrogens with one attached hydrogen (secondary N) is 1. The summed E-state index contributed by atoms with van der Waals surface area (Å²) in [6, 6.07) is 7.86. The van der Waals surface area contributed by atoms with Crippen LogP contribution in [0.2, 0.25) is 0 Å².